The van der Waals surface area contributed by atoms with E-state index in [-0.39, 0.29) is 10.9 Å². The number of hydrogen-bond donors (Lipinski definition) is 1. The van der Waals surface area contributed by atoms with Gasteiger partial charge in [0.2, 0.25) is 0 Å². The van der Waals surface area contributed by atoms with Crippen LogP contribution in [0.25, 0.3) is 0 Å². The SMILES string of the molecule is C[SH](C)C#Cc1cccnc1. The average Bonchev–Trinajstić information content (AvgIpc) is 2.03. The molecule has 1 rings (SSSR count). The Bertz CT molecular complexity index is 269. The van der Waals surface area contributed by atoms with Crippen molar-refractivity contribution in [1.29, 1.82) is 0 Å². The molecular formula is C9H11NS. The second-order valence-corrected chi connectivity index (χ2v) is 4.39. The summed E-state index contributed by atoms with van der Waals surface area (Å²) in [6, 6.07) is 3.87. The minimum Gasteiger partial charge on any atom is -0.263 e. The quantitative estimate of drug-likeness (QED) is 0.455. The van der Waals surface area contributed by atoms with Gasteiger partial charge in [0.25, 0.3) is 0 Å². The maximum atomic E-state index is 3.97. The Balaban J connectivity index is 2.75. The molecule has 2 heteroatoms. The van der Waals surface area contributed by atoms with Gasteiger partial charge in [0.1, 0.15) is 0 Å². The Morgan fingerprint density at radius 2 is 2.27 bits per heavy atom. The van der Waals surface area contributed by atoms with Crippen LogP contribution in [0.2, 0.25) is 0 Å². The summed E-state index contributed by atoms with van der Waals surface area (Å²) in [6.07, 6.45) is 7.81. The van der Waals surface area contributed by atoms with E-state index in [4.69, 9.17) is 0 Å². The van der Waals surface area contributed by atoms with Crippen LogP contribution in [0.1, 0.15) is 5.56 Å². The Morgan fingerprint density at radius 1 is 1.45 bits per heavy atom. The minimum absolute atomic E-state index is 0.113. The number of pyridine rings is 1. The Hall–Kier alpha value is -0.940. The van der Waals surface area contributed by atoms with Gasteiger partial charge < -0.3 is 0 Å². The first-order valence-corrected chi connectivity index (χ1v) is 5.61. The second kappa shape index (κ2) is 4.05. The molecule has 0 aliphatic carbocycles. The fourth-order valence-electron chi connectivity index (χ4n) is 0.613. The molecule has 0 atom stereocenters. The lowest BCUT2D eigenvalue weighted by Gasteiger charge is -1.93. The predicted molar refractivity (Wildman–Crippen MR) is 51.9 cm³/mol. The van der Waals surface area contributed by atoms with Crippen LogP contribution < -0.4 is 0 Å². The molecule has 0 bridgehead atoms. The van der Waals surface area contributed by atoms with Crippen LogP contribution in [-0.2, 0) is 0 Å². The van der Waals surface area contributed by atoms with Crippen LogP contribution >= 0.6 is 10.9 Å². The molecule has 58 valence electrons. The molecule has 1 heterocycles. The van der Waals surface area contributed by atoms with Crippen molar-refractivity contribution in [3.63, 3.8) is 0 Å². The summed E-state index contributed by atoms with van der Waals surface area (Å²) < 4.78 is 0. The topological polar surface area (TPSA) is 12.9 Å². The zero-order valence-corrected chi connectivity index (χ0v) is 7.60. The van der Waals surface area contributed by atoms with Crippen LogP contribution in [0.15, 0.2) is 24.5 Å². The van der Waals surface area contributed by atoms with Crippen molar-refractivity contribution in [2.24, 2.45) is 0 Å². The molecule has 0 aliphatic rings. The number of hydrogen-bond acceptors (Lipinski definition) is 1. The Morgan fingerprint density at radius 3 is 2.82 bits per heavy atom. The highest BCUT2D eigenvalue weighted by Crippen LogP contribution is 2.09. The molecule has 0 aliphatic heterocycles. The average molecular weight is 165 g/mol. The van der Waals surface area contributed by atoms with Crippen LogP contribution in [0, 0.1) is 11.2 Å². The standard InChI is InChI=1S/C9H11NS/c1-11(2)7-5-9-4-3-6-10-8-9/h3-4,6,8,11H,1-2H3. The molecule has 0 saturated carbocycles. The van der Waals surface area contributed by atoms with Gasteiger partial charge in [0.15, 0.2) is 0 Å². The second-order valence-electron chi connectivity index (χ2n) is 2.37. The Labute approximate surface area is 70.2 Å². The number of thiol groups is 1. The molecule has 0 fully saturated rings. The third-order valence-corrected chi connectivity index (χ3v) is 1.64. The molecule has 0 amide bonds. The first-order chi connectivity index (χ1) is 5.29. The number of rotatable bonds is 0. The van der Waals surface area contributed by atoms with Crippen molar-refractivity contribution in [2.45, 2.75) is 0 Å². The lowest BCUT2D eigenvalue weighted by atomic mass is 10.3. The van der Waals surface area contributed by atoms with E-state index in [0.717, 1.165) is 5.56 Å². The van der Waals surface area contributed by atoms with Gasteiger partial charge in [-0.05, 0) is 24.6 Å². The van der Waals surface area contributed by atoms with Crippen LogP contribution in [0.4, 0.5) is 0 Å². The number of aromatic nitrogens is 1. The third-order valence-electron chi connectivity index (χ3n) is 1.09. The lowest BCUT2D eigenvalue weighted by Crippen LogP contribution is -1.74. The highest BCUT2D eigenvalue weighted by Gasteiger charge is 1.81. The molecule has 0 saturated heterocycles. The molecule has 11 heavy (non-hydrogen) atoms. The molecular weight excluding hydrogens is 154 g/mol. The van der Waals surface area contributed by atoms with Crippen LogP contribution in [0.3, 0.4) is 0 Å². The maximum absolute atomic E-state index is 3.97. The minimum atomic E-state index is -0.113. The van der Waals surface area contributed by atoms with Crippen molar-refractivity contribution in [3.8, 4) is 11.2 Å². The third kappa shape index (κ3) is 3.10. The lowest BCUT2D eigenvalue weighted by molar-refractivity contribution is 1.31. The fraction of sp³-hybridized carbons (Fsp3) is 0.222. The molecule has 1 aromatic heterocycles. The number of nitrogens with zero attached hydrogens (tertiary/aromatic N) is 1. The van der Waals surface area contributed by atoms with E-state index < -0.39 is 0 Å². The van der Waals surface area contributed by atoms with Crippen molar-refractivity contribution in [1.82, 2.24) is 4.98 Å². The van der Waals surface area contributed by atoms with Crippen molar-refractivity contribution in [2.75, 3.05) is 12.5 Å². The fourth-order valence-corrected chi connectivity index (χ4v) is 0.966. The van der Waals surface area contributed by atoms with E-state index in [0.29, 0.717) is 0 Å². The largest absolute Gasteiger partial charge is 0.263 e. The summed E-state index contributed by atoms with van der Waals surface area (Å²) in [5.41, 5.74) is 1.00. The summed E-state index contributed by atoms with van der Waals surface area (Å²) in [5, 5.41) is 3.14. The molecule has 1 nitrogen and oxygen atoms in total. The van der Waals surface area contributed by atoms with Gasteiger partial charge in [0.05, 0.1) is 0 Å². The van der Waals surface area contributed by atoms with Gasteiger partial charge in [-0.3, -0.25) is 4.98 Å². The summed E-state index contributed by atoms with van der Waals surface area (Å²) in [7, 11) is -0.113. The van der Waals surface area contributed by atoms with E-state index in [2.05, 4.69) is 28.7 Å². The van der Waals surface area contributed by atoms with E-state index in [1.165, 1.54) is 0 Å². The summed E-state index contributed by atoms with van der Waals surface area (Å²) in [6.45, 7) is 0. The molecule has 1 aromatic rings. The predicted octanol–water partition coefficient (Wildman–Crippen LogP) is 1.65. The van der Waals surface area contributed by atoms with Gasteiger partial charge in [-0.1, -0.05) is 11.2 Å². The van der Waals surface area contributed by atoms with E-state index in [9.17, 15) is 0 Å². The molecule has 0 spiro atoms. The van der Waals surface area contributed by atoms with Crippen LogP contribution in [-0.4, -0.2) is 17.5 Å². The highest BCUT2D eigenvalue weighted by molar-refractivity contribution is 8.20. The van der Waals surface area contributed by atoms with Gasteiger partial charge in [-0.15, -0.1) is 0 Å². The molecule has 0 aromatic carbocycles. The van der Waals surface area contributed by atoms with Crippen molar-refractivity contribution in [3.05, 3.63) is 30.1 Å². The zero-order chi connectivity index (χ0) is 8.10. The zero-order valence-electron chi connectivity index (χ0n) is 6.70. The normalized spacial score (nSPS) is 9.82. The highest BCUT2D eigenvalue weighted by atomic mass is 32.2. The summed E-state index contributed by atoms with van der Waals surface area (Å²) in [4.78, 5) is 3.97. The monoisotopic (exact) mass is 165 g/mol. The van der Waals surface area contributed by atoms with Crippen molar-refractivity contribution < 1.29 is 0 Å². The molecule has 0 radical (unpaired) electrons. The first kappa shape index (κ1) is 8.16. The molecule has 0 unspecified atom stereocenters. The van der Waals surface area contributed by atoms with Gasteiger partial charge in [-0.25, -0.2) is 0 Å². The van der Waals surface area contributed by atoms with Gasteiger partial charge in [0, 0.05) is 18.0 Å². The smallest absolute Gasteiger partial charge is 0.0437 e. The van der Waals surface area contributed by atoms with E-state index >= 15 is 0 Å². The molecule has 0 N–H and O–H groups in total. The van der Waals surface area contributed by atoms with Crippen molar-refractivity contribution >= 4 is 10.9 Å². The van der Waals surface area contributed by atoms with E-state index in [1.807, 2.05) is 12.1 Å². The maximum Gasteiger partial charge on any atom is 0.0437 e. The van der Waals surface area contributed by atoms with Crippen LogP contribution in [0.5, 0.6) is 0 Å². The van der Waals surface area contributed by atoms with Gasteiger partial charge in [-0.2, -0.15) is 10.9 Å². The summed E-state index contributed by atoms with van der Waals surface area (Å²) >= 11 is 0. The van der Waals surface area contributed by atoms with E-state index in [1.54, 1.807) is 12.4 Å². The first-order valence-electron chi connectivity index (χ1n) is 3.38. The summed E-state index contributed by atoms with van der Waals surface area (Å²) in [5.74, 6) is 3.06. The Kier molecular flexibility index (Phi) is 3.00. The van der Waals surface area contributed by atoms with Gasteiger partial charge >= 0.3 is 0 Å².